The molecule has 1 aromatic heterocycles. The summed E-state index contributed by atoms with van der Waals surface area (Å²) in [7, 11) is 2.25. The minimum atomic E-state index is 0.318. The van der Waals surface area contributed by atoms with Gasteiger partial charge in [0.2, 0.25) is 0 Å². The first kappa shape index (κ1) is 12.7. The molecule has 0 bridgehead atoms. The third-order valence-corrected chi connectivity index (χ3v) is 3.82. The van der Waals surface area contributed by atoms with Crippen LogP contribution in [0, 0.1) is 0 Å². The van der Waals surface area contributed by atoms with E-state index in [1.165, 1.54) is 32.2 Å². The Labute approximate surface area is 104 Å². The van der Waals surface area contributed by atoms with Crippen molar-refractivity contribution >= 4 is 0 Å². The predicted octanol–water partition coefficient (Wildman–Crippen LogP) is 2.80. The van der Waals surface area contributed by atoms with Crippen molar-refractivity contribution < 1.29 is 4.42 Å². The molecule has 3 heteroatoms. The normalized spacial score (nSPS) is 23.8. The van der Waals surface area contributed by atoms with Gasteiger partial charge in [-0.1, -0.05) is 6.42 Å². The molecule has 0 spiro atoms. The van der Waals surface area contributed by atoms with Gasteiger partial charge in [0, 0.05) is 6.04 Å². The molecule has 1 unspecified atom stereocenters. The summed E-state index contributed by atoms with van der Waals surface area (Å²) in [5, 5.41) is 3.53. The van der Waals surface area contributed by atoms with Gasteiger partial charge in [-0.05, 0) is 58.5 Å². The highest BCUT2D eigenvalue weighted by Crippen LogP contribution is 2.18. The first-order valence-corrected chi connectivity index (χ1v) is 6.74. The molecule has 2 heterocycles. The van der Waals surface area contributed by atoms with Gasteiger partial charge in [0.15, 0.2) is 0 Å². The van der Waals surface area contributed by atoms with Crippen LogP contribution in [0.15, 0.2) is 22.8 Å². The monoisotopic (exact) mass is 236 g/mol. The van der Waals surface area contributed by atoms with Gasteiger partial charge >= 0.3 is 0 Å². The number of nitrogens with zero attached hydrogens (tertiary/aromatic N) is 1. The number of piperidine rings is 1. The van der Waals surface area contributed by atoms with Gasteiger partial charge in [-0.25, -0.2) is 0 Å². The van der Waals surface area contributed by atoms with Crippen molar-refractivity contribution in [1.29, 1.82) is 0 Å². The highest BCUT2D eigenvalue weighted by molar-refractivity contribution is 5.02. The van der Waals surface area contributed by atoms with Gasteiger partial charge in [-0.2, -0.15) is 0 Å². The summed E-state index contributed by atoms with van der Waals surface area (Å²) in [4.78, 5) is 2.50. The summed E-state index contributed by atoms with van der Waals surface area (Å²) in [6.07, 6.45) is 7.09. The summed E-state index contributed by atoms with van der Waals surface area (Å²) in [5.74, 6) is 1.03. The summed E-state index contributed by atoms with van der Waals surface area (Å²) >= 11 is 0. The second kappa shape index (κ2) is 6.22. The Morgan fingerprint density at radius 1 is 1.53 bits per heavy atom. The van der Waals surface area contributed by atoms with Crippen LogP contribution >= 0.6 is 0 Å². The summed E-state index contributed by atoms with van der Waals surface area (Å²) in [6.45, 7) is 4.48. The van der Waals surface area contributed by atoms with Gasteiger partial charge in [0.1, 0.15) is 5.76 Å². The Morgan fingerprint density at radius 3 is 3.12 bits per heavy atom. The minimum absolute atomic E-state index is 0.318. The van der Waals surface area contributed by atoms with Crippen molar-refractivity contribution in [2.24, 2.45) is 0 Å². The van der Waals surface area contributed by atoms with Crippen LogP contribution in [-0.4, -0.2) is 31.1 Å². The fourth-order valence-electron chi connectivity index (χ4n) is 2.61. The molecule has 1 aliphatic rings. The Bertz CT molecular complexity index is 310. The molecule has 0 saturated carbocycles. The first-order chi connectivity index (χ1) is 8.27. The summed E-state index contributed by atoms with van der Waals surface area (Å²) < 4.78 is 5.39. The average Bonchev–Trinajstić information content (AvgIpc) is 2.85. The van der Waals surface area contributed by atoms with Gasteiger partial charge in [0.05, 0.1) is 12.3 Å². The Kier molecular flexibility index (Phi) is 4.63. The van der Waals surface area contributed by atoms with Crippen molar-refractivity contribution in [2.45, 2.75) is 44.7 Å². The number of furan rings is 1. The lowest BCUT2D eigenvalue weighted by Crippen LogP contribution is -2.38. The second-order valence-electron chi connectivity index (χ2n) is 5.11. The molecule has 2 rings (SSSR count). The van der Waals surface area contributed by atoms with E-state index >= 15 is 0 Å². The van der Waals surface area contributed by atoms with Crippen LogP contribution in [-0.2, 0) is 0 Å². The van der Waals surface area contributed by atoms with E-state index in [2.05, 4.69) is 24.2 Å². The summed E-state index contributed by atoms with van der Waals surface area (Å²) in [6, 6.07) is 5.06. The smallest absolute Gasteiger partial charge is 0.120 e. The van der Waals surface area contributed by atoms with E-state index in [1.807, 2.05) is 12.1 Å². The molecule has 3 nitrogen and oxygen atoms in total. The molecule has 1 fully saturated rings. The van der Waals surface area contributed by atoms with E-state index in [0.29, 0.717) is 6.04 Å². The van der Waals surface area contributed by atoms with Crippen LogP contribution in [0.25, 0.3) is 0 Å². The third-order valence-electron chi connectivity index (χ3n) is 3.82. The zero-order chi connectivity index (χ0) is 12.1. The molecular formula is C14H24N2O. The summed E-state index contributed by atoms with van der Waals surface area (Å²) in [5.41, 5.74) is 0. The van der Waals surface area contributed by atoms with E-state index in [9.17, 15) is 0 Å². The molecule has 0 aromatic carbocycles. The van der Waals surface area contributed by atoms with Crippen LogP contribution in [0.4, 0.5) is 0 Å². The molecule has 1 N–H and O–H groups in total. The molecular weight excluding hydrogens is 212 g/mol. The zero-order valence-corrected chi connectivity index (χ0v) is 11.0. The third kappa shape index (κ3) is 3.58. The van der Waals surface area contributed by atoms with E-state index in [-0.39, 0.29) is 0 Å². The van der Waals surface area contributed by atoms with Crippen molar-refractivity contribution in [3.8, 4) is 0 Å². The number of hydrogen-bond donors (Lipinski definition) is 1. The van der Waals surface area contributed by atoms with Gasteiger partial charge in [0.25, 0.3) is 0 Å². The average molecular weight is 236 g/mol. The van der Waals surface area contributed by atoms with E-state index in [4.69, 9.17) is 4.42 Å². The van der Waals surface area contributed by atoms with Crippen molar-refractivity contribution in [2.75, 3.05) is 20.1 Å². The number of nitrogens with one attached hydrogen (secondary N) is 1. The molecule has 96 valence electrons. The van der Waals surface area contributed by atoms with Crippen molar-refractivity contribution in [3.63, 3.8) is 0 Å². The van der Waals surface area contributed by atoms with Gasteiger partial charge in [-0.3, -0.25) is 0 Å². The maximum Gasteiger partial charge on any atom is 0.120 e. The molecule has 0 amide bonds. The number of rotatable bonds is 5. The van der Waals surface area contributed by atoms with Crippen molar-refractivity contribution in [1.82, 2.24) is 10.2 Å². The largest absolute Gasteiger partial charge is 0.468 e. The van der Waals surface area contributed by atoms with Crippen LogP contribution < -0.4 is 5.32 Å². The maximum absolute atomic E-state index is 5.39. The van der Waals surface area contributed by atoms with Crippen molar-refractivity contribution in [3.05, 3.63) is 24.2 Å². The lowest BCUT2D eigenvalue weighted by atomic mass is 10.00. The fraction of sp³-hybridized carbons (Fsp3) is 0.714. The lowest BCUT2D eigenvalue weighted by Gasteiger charge is -2.32. The van der Waals surface area contributed by atoms with Crippen LogP contribution in [0.5, 0.6) is 0 Å². The molecule has 1 aromatic rings. The molecule has 1 aliphatic heterocycles. The standard InChI is InChI=1S/C14H24N2O/c1-12(14-7-5-11-17-14)15-9-8-13-6-3-4-10-16(13)2/h5,7,11-13,15H,3-4,6,8-10H2,1-2H3/t12-,13?/m0/s1. The van der Waals surface area contributed by atoms with Crippen LogP contribution in [0.2, 0.25) is 0 Å². The minimum Gasteiger partial charge on any atom is -0.468 e. The predicted molar refractivity (Wildman–Crippen MR) is 70.0 cm³/mol. The number of likely N-dealkylation sites (tertiary alicyclic amines) is 1. The zero-order valence-electron chi connectivity index (χ0n) is 11.0. The molecule has 2 atom stereocenters. The Hall–Kier alpha value is -0.800. The van der Waals surface area contributed by atoms with Gasteiger partial charge < -0.3 is 14.6 Å². The fourth-order valence-corrected chi connectivity index (χ4v) is 2.61. The highest BCUT2D eigenvalue weighted by Gasteiger charge is 2.18. The van der Waals surface area contributed by atoms with Crippen LogP contribution in [0.1, 0.15) is 44.4 Å². The van der Waals surface area contributed by atoms with Gasteiger partial charge in [-0.15, -0.1) is 0 Å². The quantitative estimate of drug-likeness (QED) is 0.852. The van der Waals surface area contributed by atoms with Crippen LogP contribution in [0.3, 0.4) is 0 Å². The van der Waals surface area contributed by atoms with E-state index < -0.39 is 0 Å². The second-order valence-corrected chi connectivity index (χ2v) is 5.11. The molecule has 17 heavy (non-hydrogen) atoms. The lowest BCUT2D eigenvalue weighted by molar-refractivity contribution is 0.174. The van der Waals surface area contributed by atoms with E-state index in [0.717, 1.165) is 18.3 Å². The number of hydrogen-bond acceptors (Lipinski definition) is 3. The first-order valence-electron chi connectivity index (χ1n) is 6.74. The maximum atomic E-state index is 5.39. The Balaban J connectivity index is 1.68. The SMILES string of the molecule is C[C@H](NCCC1CCCCN1C)c1ccco1. The molecule has 0 radical (unpaired) electrons. The molecule has 1 saturated heterocycles. The van der Waals surface area contributed by atoms with E-state index in [1.54, 1.807) is 6.26 Å². The topological polar surface area (TPSA) is 28.4 Å². The molecule has 0 aliphatic carbocycles. The Morgan fingerprint density at radius 2 is 2.41 bits per heavy atom. The highest BCUT2D eigenvalue weighted by atomic mass is 16.3.